The Morgan fingerprint density at radius 2 is 1.89 bits per heavy atom. The van der Waals surface area contributed by atoms with Crippen LogP contribution in [0.3, 0.4) is 0 Å². The van der Waals surface area contributed by atoms with Crippen LogP contribution in [-0.4, -0.2) is 32.3 Å². The molecule has 6 heteroatoms. The fourth-order valence-electron chi connectivity index (χ4n) is 0. The lowest BCUT2D eigenvalue weighted by Gasteiger charge is -1.88. The van der Waals surface area contributed by atoms with Crippen molar-refractivity contribution in [3.63, 3.8) is 0 Å². The maximum Gasteiger partial charge on any atom is 0.324 e. The zero-order valence-corrected chi connectivity index (χ0v) is 8.13. The van der Waals surface area contributed by atoms with E-state index in [9.17, 15) is 4.79 Å². The summed E-state index contributed by atoms with van der Waals surface area (Å²) < 4.78 is 8.37. The average molecular weight is 166 g/mol. The minimum absolute atomic E-state index is 0.0926. The van der Waals surface area contributed by atoms with E-state index in [2.05, 4.69) is 0 Å². The van der Waals surface area contributed by atoms with E-state index in [0.717, 1.165) is 16.3 Å². The van der Waals surface area contributed by atoms with E-state index >= 15 is 0 Å². The summed E-state index contributed by atoms with van der Waals surface area (Å²) in [6.07, 6.45) is 0. The van der Waals surface area contributed by atoms with Crippen molar-refractivity contribution in [1.82, 2.24) is 0 Å². The van der Waals surface area contributed by atoms with Gasteiger partial charge < -0.3 is 10.00 Å². The van der Waals surface area contributed by atoms with Crippen LogP contribution in [0.2, 0.25) is 4.78 Å². The SMILES string of the molecule is C[CH]([AlH2])C(=O)O.O=PO. The van der Waals surface area contributed by atoms with Crippen LogP contribution in [0.4, 0.5) is 0 Å². The van der Waals surface area contributed by atoms with Gasteiger partial charge in [-0.1, -0.05) is 6.92 Å². The third-order valence-corrected chi connectivity index (χ3v) is 0.988. The Hall–Kier alpha value is 0.0625. The van der Waals surface area contributed by atoms with Gasteiger partial charge in [0, 0.05) is 0 Å². The summed E-state index contributed by atoms with van der Waals surface area (Å²) in [6, 6.07) is 0. The molecule has 0 spiro atoms. The third kappa shape index (κ3) is 18.0. The Kier molecular flexibility index (Phi) is 10.6. The summed E-state index contributed by atoms with van der Waals surface area (Å²) >= 11 is 0.754. The van der Waals surface area contributed by atoms with Crippen LogP contribution in [0.5, 0.6) is 0 Å². The Morgan fingerprint density at radius 3 is 1.89 bits per heavy atom. The number of rotatable bonds is 1. The molecule has 0 aliphatic carbocycles. The zero-order valence-electron chi connectivity index (χ0n) is 5.24. The maximum absolute atomic E-state index is 9.73. The first-order valence-corrected chi connectivity index (χ1v) is 4.17. The van der Waals surface area contributed by atoms with Gasteiger partial charge >= 0.3 is 8.69 Å². The highest BCUT2D eigenvalue weighted by Crippen LogP contribution is 1.90. The maximum atomic E-state index is 9.73. The Labute approximate surface area is 62.6 Å². The van der Waals surface area contributed by atoms with Crippen LogP contribution in [0.1, 0.15) is 6.92 Å². The van der Waals surface area contributed by atoms with E-state index in [1.54, 1.807) is 6.92 Å². The quantitative estimate of drug-likeness (QED) is 0.414. The number of carboxylic acids is 1. The highest BCUT2D eigenvalue weighted by molar-refractivity contribution is 7.16. The predicted molar refractivity (Wildman–Crippen MR) is 35.4 cm³/mol. The minimum Gasteiger partial charge on any atom is -0.482 e. The molecule has 4 nitrogen and oxygen atoms in total. The van der Waals surface area contributed by atoms with Crippen molar-refractivity contribution < 1.29 is 19.4 Å². The van der Waals surface area contributed by atoms with Gasteiger partial charge in [-0.25, -0.2) is 4.57 Å². The molecule has 0 aromatic rings. The standard InChI is InChI=1S/C3H5O2.Al.HO2P.2H/c1-2-3(4)5;;1-3-2;;/h2H,1H3,(H,4,5);;(H,1,2);;. The van der Waals surface area contributed by atoms with Gasteiger partial charge in [-0.05, 0) is 4.78 Å². The zero-order chi connectivity index (χ0) is 7.86. The minimum atomic E-state index is -0.833. The molecule has 52 valence electrons. The van der Waals surface area contributed by atoms with Crippen molar-refractivity contribution in [3.05, 3.63) is 0 Å². The second kappa shape index (κ2) is 8.06. The van der Waals surface area contributed by atoms with Crippen LogP contribution in [0.15, 0.2) is 0 Å². The fourth-order valence-corrected chi connectivity index (χ4v) is 0. The molecule has 0 amide bonds. The third-order valence-electron chi connectivity index (χ3n) is 0.494. The van der Waals surface area contributed by atoms with Crippen LogP contribution >= 0.6 is 8.69 Å². The first kappa shape index (κ1) is 11.8. The second-order valence-electron chi connectivity index (χ2n) is 1.57. The predicted octanol–water partition coefficient (Wildman–Crippen LogP) is -0.302. The number of carbonyl (C=O) groups is 1. The van der Waals surface area contributed by atoms with E-state index in [1.807, 2.05) is 0 Å². The normalized spacial score (nSPS) is 11.3. The summed E-state index contributed by atoms with van der Waals surface area (Å²) in [4.78, 5) is 16.7. The van der Waals surface area contributed by atoms with Gasteiger partial charge in [0.15, 0.2) is 0 Å². The van der Waals surface area contributed by atoms with Gasteiger partial charge in [-0.2, -0.15) is 0 Å². The molecule has 2 N–H and O–H groups in total. The molecule has 0 aliphatic heterocycles. The summed E-state index contributed by atoms with van der Waals surface area (Å²) in [7, 11) is -0.833. The molecule has 0 saturated heterocycles. The molecule has 0 saturated carbocycles. The van der Waals surface area contributed by atoms with Gasteiger partial charge in [0.1, 0.15) is 0 Å². The average Bonchev–Trinajstić information content (AvgIpc) is 1.68. The molecule has 0 aliphatic rings. The van der Waals surface area contributed by atoms with Gasteiger partial charge in [-0.3, -0.25) is 4.79 Å². The van der Waals surface area contributed by atoms with Gasteiger partial charge in [0.05, 0.1) is 0 Å². The topological polar surface area (TPSA) is 74.6 Å². The Balaban J connectivity index is 0. The molecule has 1 atom stereocenters. The number of hydrogen-bond donors (Lipinski definition) is 2. The molecule has 9 heavy (non-hydrogen) atoms. The highest BCUT2D eigenvalue weighted by atomic mass is 31.1. The molecule has 0 fully saturated rings. The lowest BCUT2D eigenvalue weighted by atomic mass is 10.5. The van der Waals surface area contributed by atoms with Crippen LogP contribution in [0, 0.1) is 0 Å². The molecule has 0 rings (SSSR count). The van der Waals surface area contributed by atoms with Crippen molar-refractivity contribution in [1.29, 1.82) is 0 Å². The summed E-state index contributed by atoms with van der Waals surface area (Å²) in [5.74, 6) is -0.679. The van der Waals surface area contributed by atoms with Crippen molar-refractivity contribution in [3.8, 4) is 0 Å². The number of hydrogen-bond acceptors (Lipinski definition) is 2. The number of aliphatic carboxylic acids is 1. The van der Waals surface area contributed by atoms with Crippen molar-refractivity contribution in [2.45, 2.75) is 11.7 Å². The van der Waals surface area contributed by atoms with E-state index < -0.39 is 14.7 Å². The summed E-state index contributed by atoms with van der Waals surface area (Å²) in [5.41, 5.74) is 0. The molecule has 0 bridgehead atoms. The Morgan fingerprint density at radius 1 is 1.78 bits per heavy atom. The monoisotopic (exact) mass is 166 g/mol. The molecule has 0 radical (unpaired) electrons. The first-order chi connectivity index (χ1) is 4.06. The summed E-state index contributed by atoms with van der Waals surface area (Å²) in [6.45, 7) is 1.70. The first-order valence-electron chi connectivity index (χ1n) is 2.25. The smallest absolute Gasteiger partial charge is 0.324 e. The number of carboxylic acid groups (broad SMARTS) is 1. The molecule has 1 unspecified atom stereocenters. The largest absolute Gasteiger partial charge is 0.482 e. The van der Waals surface area contributed by atoms with Crippen molar-refractivity contribution >= 4 is 30.9 Å². The lowest BCUT2D eigenvalue weighted by molar-refractivity contribution is -0.136. The van der Waals surface area contributed by atoms with E-state index in [1.165, 1.54) is 0 Å². The van der Waals surface area contributed by atoms with E-state index in [-0.39, 0.29) is 4.78 Å². The van der Waals surface area contributed by atoms with Gasteiger partial charge in [0.2, 0.25) is 16.3 Å². The van der Waals surface area contributed by atoms with Gasteiger partial charge in [-0.15, -0.1) is 0 Å². The molecular weight excluding hydrogens is 158 g/mol. The molecule has 0 aromatic heterocycles. The van der Waals surface area contributed by atoms with E-state index in [4.69, 9.17) is 14.6 Å². The molecule has 0 aromatic carbocycles. The lowest BCUT2D eigenvalue weighted by Crippen LogP contribution is -2.01. The van der Waals surface area contributed by atoms with Crippen LogP contribution < -0.4 is 0 Å². The fraction of sp³-hybridized carbons (Fsp3) is 0.667. The van der Waals surface area contributed by atoms with Crippen LogP contribution in [0.25, 0.3) is 0 Å². The molecule has 0 heterocycles. The second-order valence-corrected chi connectivity index (χ2v) is 3.47. The summed E-state index contributed by atoms with van der Waals surface area (Å²) in [5, 5.41) is 8.03. The Bertz CT molecular complexity index is 93.8. The van der Waals surface area contributed by atoms with Crippen molar-refractivity contribution in [2.24, 2.45) is 0 Å². The molecular formula is C3H8AlO4P. The highest BCUT2D eigenvalue weighted by Gasteiger charge is 1.99. The van der Waals surface area contributed by atoms with Crippen molar-refractivity contribution in [2.75, 3.05) is 0 Å². The van der Waals surface area contributed by atoms with Gasteiger partial charge in [0.25, 0.3) is 5.97 Å². The van der Waals surface area contributed by atoms with Crippen LogP contribution in [-0.2, 0) is 9.36 Å². The van der Waals surface area contributed by atoms with E-state index in [0.29, 0.717) is 0 Å².